The SMILES string of the molecule is CCc1cc2c(s1)CCO[C@@]21CCN(C[C@H]2C[C@@H](NC(=O)OCC(C)C)C2)[C@@H](C)C1. The number of amides is 1. The number of piperidine rings is 1. The maximum absolute atomic E-state index is 11.8. The van der Waals surface area contributed by atoms with Gasteiger partial charge < -0.3 is 19.7 Å². The fraction of sp³-hybridized carbons (Fsp3) is 0.792. The molecular weight excluding hydrogens is 396 g/mol. The lowest BCUT2D eigenvalue weighted by molar-refractivity contribution is -0.114. The molecule has 0 aromatic carbocycles. The number of aryl methyl sites for hydroxylation is 1. The maximum Gasteiger partial charge on any atom is 0.407 e. The predicted molar refractivity (Wildman–Crippen MR) is 121 cm³/mol. The Morgan fingerprint density at radius 3 is 2.93 bits per heavy atom. The van der Waals surface area contributed by atoms with E-state index in [1.165, 1.54) is 10.4 Å². The molecule has 1 N–H and O–H groups in total. The van der Waals surface area contributed by atoms with E-state index in [1.54, 1.807) is 4.88 Å². The van der Waals surface area contributed by atoms with Crippen LogP contribution >= 0.6 is 11.3 Å². The van der Waals surface area contributed by atoms with Gasteiger partial charge in [-0.1, -0.05) is 20.8 Å². The first-order valence-corrected chi connectivity index (χ1v) is 12.6. The Morgan fingerprint density at radius 1 is 1.43 bits per heavy atom. The Kier molecular flexibility index (Phi) is 6.76. The highest BCUT2D eigenvalue weighted by atomic mass is 32.1. The molecule has 1 aromatic heterocycles. The zero-order valence-corrected chi connectivity index (χ0v) is 19.9. The number of fused-ring (bicyclic) bond motifs is 2. The first kappa shape index (κ1) is 22.1. The lowest BCUT2D eigenvalue weighted by Crippen LogP contribution is -2.54. The summed E-state index contributed by atoms with van der Waals surface area (Å²) in [5.74, 6) is 1.05. The molecule has 1 saturated carbocycles. The van der Waals surface area contributed by atoms with Crippen molar-refractivity contribution < 1.29 is 14.3 Å². The van der Waals surface area contributed by atoms with Crippen molar-refractivity contribution in [1.29, 1.82) is 0 Å². The molecule has 3 aliphatic rings. The summed E-state index contributed by atoms with van der Waals surface area (Å²) in [5, 5.41) is 3.02. The molecule has 1 aliphatic carbocycles. The first-order chi connectivity index (χ1) is 14.4. The van der Waals surface area contributed by atoms with E-state index in [4.69, 9.17) is 9.47 Å². The highest BCUT2D eigenvalue weighted by molar-refractivity contribution is 7.12. The van der Waals surface area contributed by atoms with Crippen LogP contribution in [0, 0.1) is 11.8 Å². The van der Waals surface area contributed by atoms with Crippen molar-refractivity contribution in [3.05, 3.63) is 21.4 Å². The molecule has 2 aliphatic heterocycles. The molecule has 0 radical (unpaired) electrons. The van der Waals surface area contributed by atoms with Crippen LogP contribution in [0.4, 0.5) is 4.79 Å². The number of nitrogens with one attached hydrogen (secondary N) is 1. The van der Waals surface area contributed by atoms with E-state index >= 15 is 0 Å². The quantitative estimate of drug-likeness (QED) is 0.704. The van der Waals surface area contributed by atoms with Crippen molar-refractivity contribution in [2.24, 2.45) is 11.8 Å². The minimum atomic E-state index is -0.257. The highest BCUT2D eigenvalue weighted by Gasteiger charge is 2.45. The average molecular weight is 435 g/mol. The first-order valence-electron chi connectivity index (χ1n) is 11.8. The van der Waals surface area contributed by atoms with Crippen molar-refractivity contribution in [3.63, 3.8) is 0 Å². The third-order valence-electron chi connectivity index (χ3n) is 7.06. The summed E-state index contributed by atoms with van der Waals surface area (Å²) in [5.41, 5.74) is 1.44. The Bertz CT molecular complexity index is 743. The number of likely N-dealkylation sites (tertiary alicyclic amines) is 1. The second-order valence-corrected chi connectivity index (χ2v) is 11.2. The predicted octanol–water partition coefficient (Wildman–Crippen LogP) is 4.72. The number of rotatable bonds is 6. The maximum atomic E-state index is 11.8. The number of hydrogen-bond donors (Lipinski definition) is 1. The zero-order valence-electron chi connectivity index (χ0n) is 19.0. The van der Waals surface area contributed by atoms with Crippen LogP contribution in [0.2, 0.25) is 0 Å². The summed E-state index contributed by atoms with van der Waals surface area (Å²) < 4.78 is 11.7. The van der Waals surface area contributed by atoms with Gasteiger partial charge in [-0.25, -0.2) is 4.79 Å². The molecule has 4 rings (SSSR count). The summed E-state index contributed by atoms with van der Waals surface area (Å²) in [4.78, 5) is 17.6. The van der Waals surface area contributed by atoms with Crippen LogP contribution in [0.25, 0.3) is 0 Å². The van der Waals surface area contributed by atoms with Gasteiger partial charge in [-0.3, -0.25) is 0 Å². The molecule has 1 amide bonds. The summed E-state index contributed by atoms with van der Waals surface area (Å²) >= 11 is 2.00. The molecule has 3 heterocycles. The van der Waals surface area contributed by atoms with E-state index in [0.29, 0.717) is 24.5 Å². The van der Waals surface area contributed by atoms with Crippen LogP contribution in [0.5, 0.6) is 0 Å². The number of alkyl carbamates (subject to hydrolysis) is 1. The average Bonchev–Trinajstić information content (AvgIpc) is 3.11. The lowest BCUT2D eigenvalue weighted by atomic mass is 9.76. The van der Waals surface area contributed by atoms with Crippen molar-refractivity contribution in [2.45, 2.75) is 83.9 Å². The number of hydrogen-bond acceptors (Lipinski definition) is 5. The van der Waals surface area contributed by atoms with Gasteiger partial charge in [0.25, 0.3) is 0 Å². The van der Waals surface area contributed by atoms with Crippen molar-refractivity contribution >= 4 is 17.4 Å². The van der Waals surface area contributed by atoms with Crippen LogP contribution in [0.15, 0.2) is 6.07 Å². The Hall–Kier alpha value is -1.11. The van der Waals surface area contributed by atoms with Crippen molar-refractivity contribution in [3.8, 4) is 0 Å². The van der Waals surface area contributed by atoms with Gasteiger partial charge in [0.05, 0.1) is 18.8 Å². The van der Waals surface area contributed by atoms with Crippen LogP contribution in [-0.2, 0) is 27.9 Å². The molecule has 1 spiro atoms. The van der Waals surface area contributed by atoms with E-state index in [0.717, 1.165) is 58.2 Å². The molecule has 2 fully saturated rings. The third-order valence-corrected chi connectivity index (χ3v) is 8.40. The van der Waals surface area contributed by atoms with E-state index in [-0.39, 0.29) is 17.7 Å². The smallest absolute Gasteiger partial charge is 0.407 e. The molecule has 5 nitrogen and oxygen atoms in total. The van der Waals surface area contributed by atoms with Crippen molar-refractivity contribution in [2.75, 3.05) is 26.3 Å². The van der Waals surface area contributed by atoms with Gasteiger partial charge in [0.15, 0.2) is 0 Å². The zero-order chi connectivity index (χ0) is 21.3. The number of ether oxygens (including phenoxy) is 2. The molecule has 30 heavy (non-hydrogen) atoms. The third kappa shape index (κ3) is 4.71. The van der Waals surface area contributed by atoms with Gasteiger partial charge in [0.2, 0.25) is 0 Å². The van der Waals surface area contributed by atoms with Crippen LogP contribution in [0.1, 0.15) is 68.7 Å². The highest BCUT2D eigenvalue weighted by Crippen LogP contribution is 2.46. The van der Waals surface area contributed by atoms with Gasteiger partial charge in [-0.05, 0) is 62.5 Å². The summed E-state index contributed by atoms with van der Waals surface area (Å²) in [6.07, 6.45) is 6.27. The fourth-order valence-electron chi connectivity index (χ4n) is 5.33. The number of nitrogens with zero attached hydrogens (tertiary/aromatic N) is 1. The summed E-state index contributed by atoms with van der Waals surface area (Å²) in [6, 6.07) is 3.24. The van der Waals surface area contributed by atoms with Gasteiger partial charge >= 0.3 is 6.09 Å². The molecule has 0 unspecified atom stereocenters. The molecule has 0 bridgehead atoms. The van der Waals surface area contributed by atoms with Crippen molar-refractivity contribution in [1.82, 2.24) is 10.2 Å². The molecule has 1 aromatic rings. The monoisotopic (exact) mass is 434 g/mol. The summed E-state index contributed by atoms with van der Waals surface area (Å²) in [7, 11) is 0. The fourth-order valence-corrected chi connectivity index (χ4v) is 6.51. The second kappa shape index (κ2) is 9.17. The van der Waals surface area contributed by atoms with E-state index in [2.05, 4.69) is 44.0 Å². The number of thiophene rings is 1. The number of carbonyl (C=O) groups is 1. The molecular formula is C24H38N2O3S. The Labute approximate surface area is 185 Å². The largest absolute Gasteiger partial charge is 0.449 e. The van der Waals surface area contributed by atoms with Gasteiger partial charge in [0.1, 0.15) is 0 Å². The van der Waals surface area contributed by atoms with Gasteiger partial charge in [-0.2, -0.15) is 0 Å². The van der Waals surface area contributed by atoms with Gasteiger partial charge in [0, 0.05) is 41.3 Å². The Morgan fingerprint density at radius 2 is 2.23 bits per heavy atom. The second-order valence-electron chi connectivity index (χ2n) is 9.96. The van der Waals surface area contributed by atoms with Gasteiger partial charge in [-0.15, -0.1) is 11.3 Å². The molecule has 6 heteroatoms. The van der Waals surface area contributed by atoms with Crippen LogP contribution in [0.3, 0.4) is 0 Å². The van der Waals surface area contributed by atoms with E-state index in [1.807, 2.05) is 11.3 Å². The number of carbonyl (C=O) groups excluding carboxylic acids is 1. The van der Waals surface area contributed by atoms with Crippen LogP contribution in [-0.4, -0.2) is 49.4 Å². The summed E-state index contributed by atoms with van der Waals surface area (Å²) in [6.45, 7) is 12.3. The van der Waals surface area contributed by atoms with E-state index < -0.39 is 0 Å². The van der Waals surface area contributed by atoms with E-state index in [9.17, 15) is 4.79 Å². The Balaban J connectivity index is 1.26. The minimum absolute atomic E-state index is 0.0582. The lowest BCUT2D eigenvalue weighted by Gasteiger charge is -2.49. The molecule has 2 atom stereocenters. The standard InChI is InChI=1S/C24H38N2O3S/c1-5-20-12-21-22(30-20)6-9-29-24(21)7-8-26(17(4)13-24)14-18-10-19(11-18)25-23(27)28-15-16(2)3/h12,16-19H,5-11,13-15H2,1-4H3,(H,25,27)/t17-,18-,19+,24+/m0/s1. The topological polar surface area (TPSA) is 50.8 Å². The molecule has 168 valence electrons. The van der Waals surface area contributed by atoms with Crippen LogP contribution < -0.4 is 5.32 Å². The normalized spacial score (nSPS) is 31.4. The molecule has 1 saturated heterocycles. The minimum Gasteiger partial charge on any atom is -0.449 e.